The second-order valence-corrected chi connectivity index (χ2v) is 5.07. The van der Waals surface area contributed by atoms with Crippen LogP contribution in [0, 0.1) is 0 Å². The lowest BCUT2D eigenvalue weighted by molar-refractivity contribution is -0.126. The second kappa shape index (κ2) is 7.58. The van der Waals surface area contributed by atoms with E-state index >= 15 is 0 Å². The first-order valence-corrected chi connectivity index (χ1v) is 7.63. The maximum Gasteiger partial charge on any atom is 0.338 e. The van der Waals surface area contributed by atoms with Crippen molar-refractivity contribution in [1.82, 2.24) is 10.2 Å². The summed E-state index contributed by atoms with van der Waals surface area (Å²) in [5, 5.41) is 2.50. The number of urea groups is 1. The Morgan fingerprint density at radius 1 is 1.17 bits per heavy atom. The highest BCUT2D eigenvalue weighted by molar-refractivity contribution is 6.12. The molecule has 1 aliphatic rings. The highest BCUT2D eigenvalue weighted by atomic mass is 16.5. The van der Waals surface area contributed by atoms with Crippen molar-refractivity contribution >= 4 is 29.5 Å². The molecule has 2 rings (SSSR count). The van der Waals surface area contributed by atoms with Crippen LogP contribution in [0.3, 0.4) is 0 Å². The van der Waals surface area contributed by atoms with Crippen LogP contribution in [0.4, 0.5) is 10.5 Å². The standard InChI is InChI=1S/C16H19N3O5/c1-3-13(20)17-10-19-14(21)9-18(16(19)23)12-7-5-11(6-8-12)15(22)24-4-2/h5-8H,3-4,9-10H2,1-2H3,(H,17,20). The van der Waals surface area contributed by atoms with Gasteiger partial charge >= 0.3 is 12.0 Å². The third kappa shape index (κ3) is 3.70. The number of hydrogen-bond donors (Lipinski definition) is 1. The summed E-state index contributed by atoms with van der Waals surface area (Å²) in [6.45, 7) is 3.41. The number of imide groups is 1. The molecule has 0 aliphatic carbocycles. The summed E-state index contributed by atoms with van der Waals surface area (Å²) in [5.41, 5.74) is 0.858. The number of ether oxygens (including phenoxy) is 1. The van der Waals surface area contributed by atoms with Gasteiger partial charge in [0.05, 0.1) is 12.2 Å². The summed E-state index contributed by atoms with van der Waals surface area (Å²) in [6, 6.07) is 5.70. The largest absolute Gasteiger partial charge is 0.462 e. The Morgan fingerprint density at radius 3 is 2.42 bits per heavy atom. The van der Waals surface area contributed by atoms with Gasteiger partial charge in [-0.15, -0.1) is 0 Å². The molecule has 8 heteroatoms. The summed E-state index contributed by atoms with van der Waals surface area (Å²) in [6.07, 6.45) is 0.273. The van der Waals surface area contributed by atoms with Gasteiger partial charge in [0.2, 0.25) is 5.91 Å². The van der Waals surface area contributed by atoms with Crippen LogP contribution in [-0.2, 0) is 14.3 Å². The summed E-state index contributed by atoms with van der Waals surface area (Å²) in [7, 11) is 0. The van der Waals surface area contributed by atoms with E-state index < -0.39 is 17.9 Å². The van der Waals surface area contributed by atoms with Gasteiger partial charge in [0, 0.05) is 12.1 Å². The van der Waals surface area contributed by atoms with Crippen molar-refractivity contribution in [2.75, 3.05) is 24.7 Å². The van der Waals surface area contributed by atoms with Gasteiger partial charge in [-0.05, 0) is 31.2 Å². The lowest BCUT2D eigenvalue weighted by atomic mass is 10.2. The van der Waals surface area contributed by atoms with Crippen molar-refractivity contribution in [3.63, 3.8) is 0 Å². The van der Waals surface area contributed by atoms with Crippen LogP contribution < -0.4 is 10.2 Å². The smallest absolute Gasteiger partial charge is 0.338 e. The Balaban J connectivity index is 2.07. The first-order valence-electron chi connectivity index (χ1n) is 7.63. The fourth-order valence-corrected chi connectivity index (χ4v) is 2.18. The van der Waals surface area contributed by atoms with Gasteiger partial charge < -0.3 is 10.1 Å². The molecule has 1 fully saturated rings. The highest BCUT2D eigenvalue weighted by Crippen LogP contribution is 2.21. The number of carbonyl (C=O) groups excluding carboxylic acids is 4. The molecule has 0 spiro atoms. The first kappa shape index (κ1) is 17.5. The quantitative estimate of drug-likeness (QED) is 0.621. The number of hydrogen-bond acceptors (Lipinski definition) is 5. The Bertz CT molecular complexity index is 656. The molecule has 1 aliphatic heterocycles. The van der Waals surface area contributed by atoms with Crippen molar-refractivity contribution in [1.29, 1.82) is 0 Å². The van der Waals surface area contributed by atoms with E-state index in [2.05, 4.69) is 5.32 Å². The van der Waals surface area contributed by atoms with Crippen molar-refractivity contribution in [3.05, 3.63) is 29.8 Å². The van der Waals surface area contributed by atoms with E-state index in [0.717, 1.165) is 4.90 Å². The molecule has 0 aromatic heterocycles. The Kier molecular flexibility index (Phi) is 5.51. The van der Waals surface area contributed by atoms with E-state index in [1.54, 1.807) is 26.0 Å². The van der Waals surface area contributed by atoms with Crippen LogP contribution in [0.1, 0.15) is 30.6 Å². The van der Waals surface area contributed by atoms with Gasteiger partial charge in [0.25, 0.3) is 5.91 Å². The molecule has 1 saturated heterocycles. The Hall–Kier alpha value is -2.90. The summed E-state index contributed by atoms with van der Waals surface area (Å²) in [5.74, 6) is -1.09. The summed E-state index contributed by atoms with van der Waals surface area (Å²) >= 11 is 0. The monoisotopic (exact) mass is 333 g/mol. The third-order valence-corrected chi connectivity index (χ3v) is 3.50. The fraction of sp³-hybridized carbons (Fsp3) is 0.375. The van der Waals surface area contributed by atoms with Crippen molar-refractivity contribution < 1.29 is 23.9 Å². The predicted molar refractivity (Wildman–Crippen MR) is 85.3 cm³/mol. The zero-order valence-corrected chi connectivity index (χ0v) is 13.6. The SMILES string of the molecule is CCOC(=O)c1ccc(N2CC(=O)N(CNC(=O)CC)C2=O)cc1. The van der Waals surface area contributed by atoms with Gasteiger partial charge in [-0.1, -0.05) is 6.92 Å². The van der Waals surface area contributed by atoms with Crippen LogP contribution in [-0.4, -0.2) is 48.5 Å². The highest BCUT2D eigenvalue weighted by Gasteiger charge is 2.36. The molecule has 1 N–H and O–H groups in total. The summed E-state index contributed by atoms with van der Waals surface area (Å²) in [4.78, 5) is 49.4. The lowest BCUT2D eigenvalue weighted by Crippen LogP contribution is -2.41. The maximum atomic E-state index is 12.3. The molecule has 0 bridgehead atoms. The van der Waals surface area contributed by atoms with Crippen LogP contribution in [0.5, 0.6) is 0 Å². The second-order valence-electron chi connectivity index (χ2n) is 5.07. The lowest BCUT2D eigenvalue weighted by Gasteiger charge is -2.17. The molecule has 1 heterocycles. The van der Waals surface area contributed by atoms with Crippen molar-refractivity contribution in [2.45, 2.75) is 20.3 Å². The molecular formula is C16H19N3O5. The van der Waals surface area contributed by atoms with E-state index in [-0.39, 0.29) is 32.1 Å². The Labute approximate surface area is 139 Å². The minimum atomic E-state index is -0.514. The average Bonchev–Trinajstić information content (AvgIpc) is 2.87. The molecule has 128 valence electrons. The number of nitrogens with one attached hydrogen (secondary N) is 1. The fourth-order valence-electron chi connectivity index (χ4n) is 2.18. The number of rotatable bonds is 6. The molecular weight excluding hydrogens is 314 g/mol. The maximum absolute atomic E-state index is 12.3. The van der Waals surface area contributed by atoms with Crippen molar-refractivity contribution in [2.24, 2.45) is 0 Å². The molecule has 4 amide bonds. The van der Waals surface area contributed by atoms with E-state index in [1.165, 1.54) is 17.0 Å². The van der Waals surface area contributed by atoms with E-state index in [9.17, 15) is 19.2 Å². The molecule has 0 radical (unpaired) electrons. The number of esters is 1. The van der Waals surface area contributed by atoms with Gasteiger partial charge in [0.1, 0.15) is 13.2 Å². The van der Waals surface area contributed by atoms with Crippen LogP contribution in [0.25, 0.3) is 0 Å². The normalized spacial score (nSPS) is 14.1. The zero-order chi connectivity index (χ0) is 17.7. The Morgan fingerprint density at radius 2 is 1.83 bits per heavy atom. The molecule has 0 atom stereocenters. The minimum Gasteiger partial charge on any atom is -0.462 e. The van der Waals surface area contributed by atoms with Gasteiger partial charge in [0.15, 0.2) is 0 Å². The number of anilines is 1. The molecule has 1 aromatic carbocycles. The van der Waals surface area contributed by atoms with Gasteiger partial charge in [-0.25, -0.2) is 14.5 Å². The number of nitrogens with zero attached hydrogens (tertiary/aromatic N) is 2. The van der Waals surface area contributed by atoms with Crippen molar-refractivity contribution in [3.8, 4) is 0 Å². The molecule has 0 unspecified atom stereocenters. The number of amides is 4. The number of carbonyl (C=O) groups is 4. The minimum absolute atomic E-state index is 0.112. The molecule has 8 nitrogen and oxygen atoms in total. The van der Waals surface area contributed by atoms with Crippen LogP contribution in [0.15, 0.2) is 24.3 Å². The first-order chi connectivity index (χ1) is 11.5. The van der Waals surface area contributed by atoms with Crippen LogP contribution in [0.2, 0.25) is 0 Å². The molecule has 24 heavy (non-hydrogen) atoms. The van der Waals surface area contributed by atoms with Gasteiger partial charge in [-0.2, -0.15) is 0 Å². The topological polar surface area (TPSA) is 96.0 Å². The van der Waals surface area contributed by atoms with E-state index in [4.69, 9.17) is 4.74 Å². The van der Waals surface area contributed by atoms with Crippen LogP contribution >= 0.6 is 0 Å². The van der Waals surface area contributed by atoms with E-state index in [1.807, 2.05) is 0 Å². The van der Waals surface area contributed by atoms with E-state index in [0.29, 0.717) is 11.3 Å². The molecule has 1 aromatic rings. The average molecular weight is 333 g/mol. The zero-order valence-electron chi connectivity index (χ0n) is 13.6. The molecule has 0 saturated carbocycles. The predicted octanol–water partition coefficient (Wildman–Crippen LogP) is 1.12. The van der Waals surface area contributed by atoms with Gasteiger partial charge in [-0.3, -0.25) is 14.5 Å². The third-order valence-electron chi connectivity index (χ3n) is 3.50. The number of benzene rings is 1. The summed E-state index contributed by atoms with van der Waals surface area (Å²) < 4.78 is 4.89.